The number of nitrogens with zero attached hydrogens (tertiary/aromatic N) is 3. The first-order valence-corrected chi connectivity index (χ1v) is 7.21. The predicted molar refractivity (Wildman–Crippen MR) is 68.0 cm³/mol. The smallest absolute Gasteiger partial charge is 0.277 e. The van der Waals surface area contributed by atoms with Crippen LogP contribution in [0.15, 0.2) is 9.64 Å². The molecular weight excluding hydrogens is 252 g/mol. The van der Waals surface area contributed by atoms with Crippen LogP contribution in [0.4, 0.5) is 0 Å². The van der Waals surface area contributed by atoms with Crippen LogP contribution in [0.2, 0.25) is 0 Å². The Morgan fingerprint density at radius 2 is 2.00 bits per heavy atom. The third kappa shape index (κ3) is 3.71. The van der Waals surface area contributed by atoms with E-state index in [1.807, 2.05) is 4.90 Å². The molecule has 18 heavy (non-hydrogen) atoms. The monoisotopic (exact) mass is 270 g/mol. The van der Waals surface area contributed by atoms with Crippen molar-refractivity contribution in [2.24, 2.45) is 5.73 Å². The topological polar surface area (TPSA) is 85.2 Å². The number of aromatic nitrogens is 2. The molecule has 0 aromatic carbocycles. The molecule has 1 aliphatic heterocycles. The average Bonchev–Trinajstić information content (AvgIpc) is 2.68. The van der Waals surface area contributed by atoms with Gasteiger partial charge in [-0.25, -0.2) is 0 Å². The molecule has 1 aromatic rings. The lowest BCUT2D eigenvalue weighted by Gasteiger charge is -2.19. The van der Waals surface area contributed by atoms with Gasteiger partial charge in [0.1, 0.15) is 0 Å². The van der Waals surface area contributed by atoms with Gasteiger partial charge in [0.05, 0.1) is 12.3 Å². The summed E-state index contributed by atoms with van der Waals surface area (Å²) in [5.74, 6) is 0.903. The van der Waals surface area contributed by atoms with Gasteiger partial charge in [-0.1, -0.05) is 24.6 Å². The van der Waals surface area contributed by atoms with Gasteiger partial charge in [0.25, 0.3) is 5.22 Å². The lowest BCUT2D eigenvalue weighted by atomic mass is 10.2. The number of thioether (sulfide) groups is 1. The van der Waals surface area contributed by atoms with Crippen LogP contribution in [0.5, 0.6) is 0 Å². The number of rotatable bonds is 4. The van der Waals surface area contributed by atoms with Crippen molar-refractivity contribution in [2.45, 2.75) is 37.5 Å². The molecule has 0 aliphatic carbocycles. The largest absolute Gasteiger partial charge is 0.415 e. The van der Waals surface area contributed by atoms with E-state index < -0.39 is 0 Å². The number of carbonyl (C=O) groups is 1. The summed E-state index contributed by atoms with van der Waals surface area (Å²) in [5, 5.41) is 7.99. The lowest BCUT2D eigenvalue weighted by Crippen LogP contribution is -2.33. The fourth-order valence-electron chi connectivity index (χ4n) is 1.91. The molecule has 0 saturated carbocycles. The van der Waals surface area contributed by atoms with E-state index in [1.54, 1.807) is 0 Å². The van der Waals surface area contributed by atoms with E-state index in [2.05, 4.69) is 10.2 Å². The van der Waals surface area contributed by atoms with Gasteiger partial charge in [-0.2, -0.15) is 0 Å². The van der Waals surface area contributed by atoms with Crippen LogP contribution < -0.4 is 5.73 Å². The summed E-state index contributed by atoms with van der Waals surface area (Å²) >= 11 is 1.28. The molecule has 0 atom stereocenters. The Morgan fingerprint density at radius 1 is 1.28 bits per heavy atom. The van der Waals surface area contributed by atoms with E-state index >= 15 is 0 Å². The van der Waals surface area contributed by atoms with Crippen molar-refractivity contribution < 1.29 is 9.21 Å². The maximum Gasteiger partial charge on any atom is 0.277 e. The van der Waals surface area contributed by atoms with Crippen molar-refractivity contribution in [2.75, 3.05) is 18.8 Å². The number of nitrogens with two attached hydrogens (primary N) is 1. The van der Waals surface area contributed by atoms with Crippen molar-refractivity contribution in [3.05, 3.63) is 5.89 Å². The van der Waals surface area contributed by atoms with Crippen molar-refractivity contribution in [3.63, 3.8) is 0 Å². The van der Waals surface area contributed by atoms with Gasteiger partial charge in [0, 0.05) is 13.1 Å². The Bertz CT molecular complexity index is 388. The molecule has 2 rings (SSSR count). The molecule has 6 nitrogen and oxygen atoms in total. The van der Waals surface area contributed by atoms with E-state index in [1.165, 1.54) is 24.6 Å². The minimum absolute atomic E-state index is 0.148. The zero-order chi connectivity index (χ0) is 12.8. The first kappa shape index (κ1) is 13.4. The van der Waals surface area contributed by atoms with Crippen molar-refractivity contribution in [1.82, 2.24) is 15.1 Å². The normalized spacial score (nSPS) is 16.6. The summed E-state index contributed by atoms with van der Waals surface area (Å²) < 4.78 is 5.24. The fourth-order valence-corrected chi connectivity index (χ4v) is 2.60. The maximum atomic E-state index is 12.0. The Balaban J connectivity index is 1.79. The number of hydrogen-bond acceptors (Lipinski definition) is 6. The van der Waals surface area contributed by atoms with Crippen molar-refractivity contribution >= 4 is 17.7 Å². The first-order chi connectivity index (χ1) is 8.79. The summed E-state index contributed by atoms with van der Waals surface area (Å²) in [5.41, 5.74) is 5.37. The second kappa shape index (κ2) is 6.75. The summed E-state index contributed by atoms with van der Waals surface area (Å²) in [7, 11) is 0. The second-order valence-corrected chi connectivity index (χ2v) is 5.18. The molecule has 0 spiro atoms. The van der Waals surface area contributed by atoms with Crippen molar-refractivity contribution in [3.8, 4) is 0 Å². The zero-order valence-corrected chi connectivity index (χ0v) is 11.1. The van der Waals surface area contributed by atoms with Gasteiger partial charge in [0.15, 0.2) is 0 Å². The van der Waals surface area contributed by atoms with E-state index in [0.29, 0.717) is 16.9 Å². The van der Waals surface area contributed by atoms with E-state index in [-0.39, 0.29) is 12.5 Å². The Labute approximate surface area is 110 Å². The molecule has 1 aromatic heterocycles. The molecule has 0 bridgehead atoms. The van der Waals surface area contributed by atoms with E-state index in [4.69, 9.17) is 10.2 Å². The Kier molecular flexibility index (Phi) is 5.00. The predicted octanol–water partition coefficient (Wildman–Crippen LogP) is 1.02. The quantitative estimate of drug-likeness (QED) is 0.822. The molecule has 1 fully saturated rings. The molecule has 0 radical (unpaired) electrons. The first-order valence-electron chi connectivity index (χ1n) is 6.22. The van der Waals surface area contributed by atoms with Gasteiger partial charge in [0.2, 0.25) is 11.8 Å². The number of amides is 1. The molecule has 1 saturated heterocycles. The van der Waals surface area contributed by atoms with Gasteiger partial charge < -0.3 is 15.1 Å². The average molecular weight is 270 g/mol. The summed E-state index contributed by atoms with van der Waals surface area (Å²) in [4.78, 5) is 13.9. The van der Waals surface area contributed by atoms with E-state index in [9.17, 15) is 4.79 Å². The van der Waals surface area contributed by atoms with Crippen LogP contribution in [0.25, 0.3) is 0 Å². The molecule has 7 heteroatoms. The van der Waals surface area contributed by atoms with Crippen LogP contribution in [0.3, 0.4) is 0 Å². The minimum atomic E-state index is 0.148. The highest BCUT2D eigenvalue weighted by Gasteiger charge is 2.16. The number of likely N-dealkylation sites (tertiary alicyclic amines) is 1. The van der Waals surface area contributed by atoms with Gasteiger partial charge in [-0.3, -0.25) is 4.79 Å². The van der Waals surface area contributed by atoms with Crippen LogP contribution in [0.1, 0.15) is 31.6 Å². The van der Waals surface area contributed by atoms with Crippen LogP contribution in [-0.4, -0.2) is 39.8 Å². The molecule has 100 valence electrons. The zero-order valence-electron chi connectivity index (χ0n) is 10.3. The van der Waals surface area contributed by atoms with E-state index in [0.717, 1.165) is 25.9 Å². The highest BCUT2D eigenvalue weighted by atomic mass is 32.2. The third-order valence-corrected chi connectivity index (χ3v) is 3.70. The SMILES string of the molecule is NCc1nnc(SCC(=O)N2CCCCCC2)o1. The van der Waals surface area contributed by atoms with Crippen LogP contribution in [0, 0.1) is 0 Å². The minimum Gasteiger partial charge on any atom is -0.415 e. The second-order valence-electron chi connectivity index (χ2n) is 4.25. The Hall–Kier alpha value is -1.08. The summed E-state index contributed by atoms with van der Waals surface area (Å²) in [6.07, 6.45) is 4.66. The molecule has 2 heterocycles. The third-order valence-electron chi connectivity index (χ3n) is 2.90. The number of carbonyl (C=O) groups excluding carboxylic acids is 1. The van der Waals surface area contributed by atoms with Gasteiger partial charge in [-0.05, 0) is 12.8 Å². The lowest BCUT2D eigenvalue weighted by molar-refractivity contribution is -0.128. The molecule has 1 amide bonds. The highest BCUT2D eigenvalue weighted by molar-refractivity contribution is 7.99. The standard InChI is InChI=1S/C11H18N4O2S/c12-7-9-13-14-11(17-9)18-8-10(16)15-5-3-1-2-4-6-15/h1-8,12H2. The van der Waals surface area contributed by atoms with Crippen LogP contribution in [-0.2, 0) is 11.3 Å². The van der Waals surface area contributed by atoms with Gasteiger partial charge in [-0.15, -0.1) is 10.2 Å². The fraction of sp³-hybridized carbons (Fsp3) is 0.727. The van der Waals surface area contributed by atoms with Gasteiger partial charge >= 0.3 is 0 Å². The summed E-state index contributed by atoms with van der Waals surface area (Å²) in [6.45, 7) is 1.97. The molecule has 2 N–H and O–H groups in total. The molecule has 1 aliphatic rings. The summed E-state index contributed by atoms with van der Waals surface area (Å²) in [6, 6.07) is 0. The molecule has 0 unspecified atom stereocenters. The highest BCUT2D eigenvalue weighted by Crippen LogP contribution is 2.17. The Morgan fingerprint density at radius 3 is 2.61 bits per heavy atom. The number of hydrogen-bond donors (Lipinski definition) is 1. The van der Waals surface area contributed by atoms with Crippen molar-refractivity contribution in [1.29, 1.82) is 0 Å². The molecular formula is C11H18N4O2S. The van der Waals surface area contributed by atoms with Crippen LogP contribution >= 0.6 is 11.8 Å². The maximum absolute atomic E-state index is 12.0.